The maximum Gasteiger partial charge on any atom is 0.178 e. The fraction of sp³-hybridized carbons (Fsp3) is 0.400. The molecule has 4 heteroatoms. The summed E-state index contributed by atoms with van der Waals surface area (Å²) in [6, 6.07) is 0. The number of hydrogen-bond acceptors (Lipinski definition) is 3. The lowest BCUT2D eigenvalue weighted by molar-refractivity contribution is 0.820. The van der Waals surface area contributed by atoms with Crippen molar-refractivity contribution in [2.24, 2.45) is 4.99 Å². The molecule has 1 aliphatic rings. The third kappa shape index (κ3) is 0.630. The smallest absolute Gasteiger partial charge is 0.178 e. The van der Waals surface area contributed by atoms with Crippen molar-refractivity contribution in [1.82, 2.24) is 14.8 Å². The van der Waals surface area contributed by atoms with Crippen LogP contribution in [0.4, 0.5) is 0 Å². The van der Waals surface area contributed by atoms with Gasteiger partial charge in [0.15, 0.2) is 6.34 Å². The Bertz CT molecular complexity index is 237. The minimum Gasteiger partial charge on any atom is -0.266 e. The molecule has 0 aliphatic carbocycles. The van der Waals surface area contributed by atoms with Gasteiger partial charge in [0.1, 0.15) is 12.2 Å². The number of aromatic nitrogens is 3. The van der Waals surface area contributed by atoms with Gasteiger partial charge >= 0.3 is 0 Å². The highest BCUT2D eigenvalue weighted by atomic mass is 15.3. The van der Waals surface area contributed by atoms with Crippen LogP contribution >= 0.6 is 0 Å². The first kappa shape index (κ1) is 4.67. The van der Waals surface area contributed by atoms with E-state index in [1.807, 2.05) is 0 Å². The molecule has 1 aliphatic heterocycles. The molecule has 0 bridgehead atoms. The van der Waals surface area contributed by atoms with E-state index in [4.69, 9.17) is 0 Å². The van der Waals surface area contributed by atoms with Gasteiger partial charge in [-0.25, -0.2) is 0 Å². The molecule has 0 aromatic carbocycles. The first-order valence-electron chi connectivity index (χ1n) is 2.78. The van der Waals surface area contributed by atoms with Crippen LogP contribution in [-0.2, 0) is 6.42 Å². The van der Waals surface area contributed by atoms with Gasteiger partial charge in [0.25, 0.3) is 0 Å². The summed E-state index contributed by atoms with van der Waals surface area (Å²) >= 11 is 0. The molecule has 0 spiro atoms. The van der Waals surface area contributed by atoms with Crippen molar-refractivity contribution in [3.63, 3.8) is 0 Å². The van der Waals surface area contributed by atoms with Crippen molar-refractivity contribution in [3.05, 3.63) is 12.2 Å². The van der Waals surface area contributed by atoms with E-state index in [-0.39, 0.29) is 0 Å². The van der Waals surface area contributed by atoms with E-state index < -0.39 is 0 Å². The molecular weight excluding hydrogens is 116 g/mol. The number of hydrogen-bond donors (Lipinski definition) is 0. The Labute approximate surface area is 52.2 Å². The van der Waals surface area contributed by atoms with Crippen LogP contribution in [0.15, 0.2) is 11.3 Å². The Morgan fingerprint density at radius 3 is 3.56 bits per heavy atom. The van der Waals surface area contributed by atoms with Crippen LogP contribution in [0.25, 0.3) is 0 Å². The molecule has 0 unspecified atom stereocenters. The molecule has 4 nitrogen and oxygen atoms in total. The summed E-state index contributed by atoms with van der Waals surface area (Å²) in [7, 11) is 0. The Kier molecular flexibility index (Phi) is 0.855. The summed E-state index contributed by atoms with van der Waals surface area (Å²) in [6.45, 7) is 0.790. The van der Waals surface area contributed by atoms with Gasteiger partial charge in [0, 0.05) is 13.0 Å². The van der Waals surface area contributed by atoms with Gasteiger partial charge < -0.3 is 0 Å². The van der Waals surface area contributed by atoms with E-state index in [1.165, 1.54) is 0 Å². The zero-order chi connectivity index (χ0) is 6.10. The SMILES string of the molecule is [C]1=NCCc2nncn21. The molecule has 45 valence electrons. The summed E-state index contributed by atoms with van der Waals surface area (Å²) in [6.07, 6.45) is 5.25. The predicted octanol–water partition coefficient (Wildman–Crippen LogP) is -0.412. The van der Waals surface area contributed by atoms with Crippen molar-refractivity contribution in [2.75, 3.05) is 6.54 Å². The lowest BCUT2D eigenvalue weighted by atomic mass is 10.4. The lowest BCUT2D eigenvalue weighted by Gasteiger charge is -2.00. The Hall–Kier alpha value is -1.19. The van der Waals surface area contributed by atoms with Gasteiger partial charge in [-0.15, -0.1) is 10.2 Å². The van der Waals surface area contributed by atoms with E-state index >= 15 is 0 Å². The maximum absolute atomic E-state index is 3.92. The third-order valence-electron chi connectivity index (χ3n) is 1.24. The van der Waals surface area contributed by atoms with Crippen LogP contribution in [0.5, 0.6) is 0 Å². The number of aliphatic imine (C=N–C) groups is 1. The standard InChI is InChI=1S/C5H5N4/c1-2-6-3-9-4-7-8-5(1)9/h4H,1-2H2. The Morgan fingerprint density at radius 1 is 1.67 bits per heavy atom. The van der Waals surface area contributed by atoms with Gasteiger partial charge in [0.2, 0.25) is 0 Å². The molecule has 0 saturated heterocycles. The fourth-order valence-corrected chi connectivity index (χ4v) is 0.795. The highest BCUT2D eigenvalue weighted by molar-refractivity contribution is 5.59. The molecular formula is C5H5N4. The molecule has 9 heavy (non-hydrogen) atoms. The van der Waals surface area contributed by atoms with E-state index in [0.717, 1.165) is 18.8 Å². The Balaban J connectivity index is 2.53. The average Bonchev–Trinajstić information content (AvgIpc) is 2.33. The van der Waals surface area contributed by atoms with Crippen LogP contribution in [-0.4, -0.2) is 27.6 Å². The maximum atomic E-state index is 3.92. The molecule has 0 atom stereocenters. The van der Waals surface area contributed by atoms with Crippen LogP contribution in [0, 0.1) is 0 Å². The molecule has 1 aromatic rings. The summed E-state index contributed by atoms with van der Waals surface area (Å²) in [5.74, 6) is 0.949. The number of nitrogens with zero attached hydrogens (tertiary/aromatic N) is 4. The fourth-order valence-electron chi connectivity index (χ4n) is 0.795. The second-order valence-electron chi connectivity index (χ2n) is 1.85. The van der Waals surface area contributed by atoms with Crippen LogP contribution in [0.2, 0.25) is 0 Å². The molecule has 2 heterocycles. The number of fused-ring (bicyclic) bond motifs is 1. The van der Waals surface area contributed by atoms with Crippen LogP contribution in [0.3, 0.4) is 0 Å². The minimum absolute atomic E-state index is 0.790. The van der Waals surface area contributed by atoms with Gasteiger partial charge in [-0.2, -0.15) is 0 Å². The molecule has 0 N–H and O–H groups in total. The number of rotatable bonds is 0. The second-order valence-corrected chi connectivity index (χ2v) is 1.85. The van der Waals surface area contributed by atoms with Crippen molar-refractivity contribution >= 4 is 6.34 Å². The monoisotopic (exact) mass is 121 g/mol. The largest absolute Gasteiger partial charge is 0.266 e. The quantitative estimate of drug-likeness (QED) is 0.468. The zero-order valence-corrected chi connectivity index (χ0v) is 4.78. The lowest BCUT2D eigenvalue weighted by Crippen LogP contribution is -2.09. The molecule has 1 radical (unpaired) electrons. The first-order valence-corrected chi connectivity index (χ1v) is 2.78. The van der Waals surface area contributed by atoms with Crippen molar-refractivity contribution < 1.29 is 0 Å². The van der Waals surface area contributed by atoms with E-state index in [0.29, 0.717) is 0 Å². The predicted molar refractivity (Wildman–Crippen MR) is 31.4 cm³/mol. The van der Waals surface area contributed by atoms with Crippen molar-refractivity contribution in [2.45, 2.75) is 6.42 Å². The van der Waals surface area contributed by atoms with Gasteiger partial charge in [0.05, 0.1) is 0 Å². The molecule has 0 saturated carbocycles. The molecule has 0 amide bonds. The third-order valence-corrected chi connectivity index (χ3v) is 1.24. The van der Waals surface area contributed by atoms with Gasteiger partial charge in [-0.3, -0.25) is 9.56 Å². The topological polar surface area (TPSA) is 43.1 Å². The summed E-state index contributed by atoms with van der Waals surface area (Å²) < 4.78 is 1.71. The summed E-state index contributed by atoms with van der Waals surface area (Å²) in [4.78, 5) is 3.92. The van der Waals surface area contributed by atoms with Crippen molar-refractivity contribution in [3.8, 4) is 0 Å². The summed E-state index contributed by atoms with van der Waals surface area (Å²) in [5.41, 5.74) is 0. The van der Waals surface area contributed by atoms with E-state index in [9.17, 15) is 0 Å². The molecule has 1 aromatic heterocycles. The minimum atomic E-state index is 0.790. The van der Waals surface area contributed by atoms with Crippen molar-refractivity contribution in [1.29, 1.82) is 0 Å². The highest BCUT2D eigenvalue weighted by Gasteiger charge is 2.04. The van der Waals surface area contributed by atoms with Gasteiger partial charge in [-0.05, 0) is 0 Å². The van der Waals surface area contributed by atoms with Gasteiger partial charge in [-0.1, -0.05) is 0 Å². The normalized spacial score (nSPS) is 15.6. The molecule has 0 fully saturated rings. The average molecular weight is 121 g/mol. The highest BCUT2D eigenvalue weighted by Crippen LogP contribution is 1.97. The second kappa shape index (κ2) is 1.65. The summed E-state index contributed by atoms with van der Waals surface area (Å²) in [5, 5.41) is 7.54. The first-order chi connectivity index (χ1) is 4.47. The molecule has 2 rings (SSSR count). The van der Waals surface area contributed by atoms with Crippen LogP contribution in [0.1, 0.15) is 5.82 Å². The van der Waals surface area contributed by atoms with Crippen LogP contribution < -0.4 is 0 Å². The van der Waals surface area contributed by atoms with E-state index in [1.54, 1.807) is 10.9 Å². The zero-order valence-electron chi connectivity index (χ0n) is 4.78. The Morgan fingerprint density at radius 2 is 2.67 bits per heavy atom. The van der Waals surface area contributed by atoms with E-state index in [2.05, 4.69) is 21.5 Å².